The van der Waals surface area contributed by atoms with Crippen LogP contribution in [-0.2, 0) is 26.3 Å². The third-order valence-electron chi connectivity index (χ3n) is 6.84. The van der Waals surface area contributed by atoms with Crippen molar-refractivity contribution in [2.75, 3.05) is 13.7 Å². The fourth-order valence-corrected chi connectivity index (χ4v) is 4.65. The minimum atomic E-state index is -0.883. The van der Waals surface area contributed by atoms with Gasteiger partial charge >= 0.3 is 5.97 Å². The number of amides is 1. The summed E-state index contributed by atoms with van der Waals surface area (Å²) in [4.78, 5) is 44.7. The van der Waals surface area contributed by atoms with E-state index in [1.165, 1.54) is 12.0 Å². The number of carbonyl (C=O) groups excluding carboxylic acids is 3. The van der Waals surface area contributed by atoms with Gasteiger partial charge in [0.05, 0.1) is 36.5 Å². The first kappa shape index (κ1) is 28.5. The first-order valence-electron chi connectivity index (χ1n) is 13.2. The molecule has 4 rings (SSSR count). The molecule has 0 spiro atoms. The average Bonchev–Trinajstić information content (AvgIpc) is 3.20. The first-order valence-corrected chi connectivity index (χ1v) is 13.2. The molecule has 0 saturated carbocycles. The number of esters is 1. The van der Waals surface area contributed by atoms with E-state index in [1.807, 2.05) is 33.8 Å². The number of nitrogens with zero attached hydrogens (tertiary/aromatic N) is 2. The minimum absolute atomic E-state index is 0.0397. The number of hydrogen-bond acceptors (Lipinski definition) is 7. The molecule has 1 aliphatic heterocycles. The number of aliphatic hydroxyl groups is 1. The third kappa shape index (κ3) is 5.76. The molecular formula is C32H34N2O6. The number of ether oxygens (including phenoxy) is 2. The van der Waals surface area contributed by atoms with Crippen molar-refractivity contribution in [2.24, 2.45) is 0 Å². The zero-order chi connectivity index (χ0) is 29.0. The maximum Gasteiger partial charge on any atom is 0.338 e. The first-order chi connectivity index (χ1) is 19.1. The highest BCUT2D eigenvalue weighted by Gasteiger charge is 2.46. The molecule has 208 valence electrons. The fraction of sp³-hybridized carbons (Fsp3) is 0.312. The summed E-state index contributed by atoms with van der Waals surface area (Å²) in [6, 6.07) is 14.7. The third-order valence-corrected chi connectivity index (χ3v) is 6.84. The van der Waals surface area contributed by atoms with Crippen LogP contribution in [0.2, 0.25) is 0 Å². The number of benzene rings is 2. The second-order valence-electron chi connectivity index (χ2n) is 10.7. The molecule has 1 N–H and O–H groups in total. The van der Waals surface area contributed by atoms with E-state index in [1.54, 1.807) is 60.9 Å². The van der Waals surface area contributed by atoms with Gasteiger partial charge in [0.15, 0.2) is 0 Å². The molecule has 1 atom stereocenters. The molecule has 1 fully saturated rings. The molecule has 2 heterocycles. The summed E-state index contributed by atoms with van der Waals surface area (Å²) in [5, 5.41) is 11.6. The zero-order valence-electron chi connectivity index (χ0n) is 23.4. The molecule has 1 saturated heterocycles. The van der Waals surface area contributed by atoms with Crippen LogP contribution in [0.4, 0.5) is 0 Å². The number of aliphatic hydroxyl groups excluding tert-OH is 1. The highest BCUT2D eigenvalue weighted by molar-refractivity contribution is 6.46. The lowest BCUT2D eigenvalue weighted by molar-refractivity contribution is -0.140. The van der Waals surface area contributed by atoms with Gasteiger partial charge in [-0.3, -0.25) is 14.6 Å². The maximum absolute atomic E-state index is 13.5. The number of carbonyl (C=O) groups is 3. The molecule has 0 bridgehead atoms. The molecule has 0 aliphatic carbocycles. The van der Waals surface area contributed by atoms with Gasteiger partial charge in [-0.15, -0.1) is 0 Å². The summed E-state index contributed by atoms with van der Waals surface area (Å²) >= 11 is 0. The van der Waals surface area contributed by atoms with Crippen LogP contribution in [0.15, 0.2) is 72.6 Å². The van der Waals surface area contributed by atoms with Crippen molar-refractivity contribution in [1.82, 2.24) is 9.88 Å². The van der Waals surface area contributed by atoms with Gasteiger partial charge in [0.2, 0.25) is 0 Å². The predicted molar refractivity (Wildman–Crippen MR) is 151 cm³/mol. The van der Waals surface area contributed by atoms with Crippen LogP contribution in [-0.4, -0.2) is 46.4 Å². The summed E-state index contributed by atoms with van der Waals surface area (Å²) < 4.78 is 10.7. The largest absolute Gasteiger partial charge is 0.507 e. The van der Waals surface area contributed by atoms with Crippen LogP contribution in [0.3, 0.4) is 0 Å². The molecular weight excluding hydrogens is 508 g/mol. The Morgan fingerprint density at radius 3 is 2.40 bits per heavy atom. The van der Waals surface area contributed by atoms with Crippen molar-refractivity contribution in [3.63, 3.8) is 0 Å². The summed E-state index contributed by atoms with van der Waals surface area (Å²) in [5.41, 5.74) is 2.67. The molecule has 1 unspecified atom stereocenters. The summed E-state index contributed by atoms with van der Waals surface area (Å²) in [6.45, 7) is 8.46. The van der Waals surface area contributed by atoms with Crippen molar-refractivity contribution < 1.29 is 29.0 Å². The molecule has 1 amide bonds. The van der Waals surface area contributed by atoms with E-state index in [0.29, 0.717) is 34.6 Å². The minimum Gasteiger partial charge on any atom is -0.507 e. The van der Waals surface area contributed by atoms with Gasteiger partial charge in [0.1, 0.15) is 11.5 Å². The highest BCUT2D eigenvalue weighted by atomic mass is 16.5. The smallest absolute Gasteiger partial charge is 0.338 e. The maximum atomic E-state index is 13.5. The SMILES string of the molecule is CCCOC(=O)c1ccc(CN2C(=O)C(=O)/C(=C(/O)c3cc(C(C)(C)C)ccc3OC)C2c2cccnc2)cc1. The Balaban J connectivity index is 1.79. The Bertz CT molecular complexity index is 1440. The van der Waals surface area contributed by atoms with E-state index in [4.69, 9.17) is 9.47 Å². The molecule has 8 heteroatoms. The Hall–Kier alpha value is -4.46. The van der Waals surface area contributed by atoms with E-state index >= 15 is 0 Å². The number of pyridine rings is 1. The van der Waals surface area contributed by atoms with E-state index in [9.17, 15) is 19.5 Å². The summed E-state index contributed by atoms with van der Waals surface area (Å²) in [5.74, 6) is -1.89. The van der Waals surface area contributed by atoms with E-state index in [-0.39, 0.29) is 23.3 Å². The monoisotopic (exact) mass is 542 g/mol. The van der Waals surface area contributed by atoms with Gasteiger partial charge in [-0.1, -0.05) is 52.0 Å². The predicted octanol–water partition coefficient (Wildman–Crippen LogP) is 5.58. The van der Waals surface area contributed by atoms with Gasteiger partial charge < -0.3 is 19.5 Å². The van der Waals surface area contributed by atoms with Gasteiger partial charge in [-0.25, -0.2) is 4.79 Å². The van der Waals surface area contributed by atoms with Gasteiger partial charge in [0.25, 0.3) is 11.7 Å². The van der Waals surface area contributed by atoms with E-state index in [2.05, 4.69) is 4.98 Å². The quantitative estimate of drug-likeness (QED) is 0.172. The second kappa shape index (κ2) is 11.7. The Kier molecular flexibility index (Phi) is 8.38. The molecule has 2 aromatic carbocycles. The normalized spacial score (nSPS) is 16.7. The van der Waals surface area contributed by atoms with Crippen molar-refractivity contribution in [3.8, 4) is 5.75 Å². The number of methoxy groups -OCH3 is 1. The van der Waals surface area contributed by atoms with Crippen LogP contribution in [0.1, 0.15) is 72.8 Å². The van der Waals surface area contributed by atoms with Crippen LogP contribution in [0, 0.1) is 0 Å². The molecule has 0 radical (unpaired) electrons. The summed E-state index contributed by atoms with van der Waals surface area (Å²) in [6.07, 6.45) is 3.90. The molecule has 40 heavy (non-hydrogen) atoms. The lowest BCUT2D eigenvalue weighted by atomic mass is 9.85. The standard InChI is InChI=1S/C32H34N2O6/c1-6-16-40-31(38)21-11-9-20(10-12-21)19-34-27(22-8-7-15-33-18-22)26(29(36)30(34)37)28(35)24-17-23(32(2,3)4)13-14-25(24)39-5/h7-15,17-18,27,35H,6,16,19H2,1-5H3/b28-26+. The topological polar surface area (TPSA) is 106 Å². The van der Waals surface area contributed by atoms with Crippen molar-refractivity contribution >= 4 is 23.4 Å². The highest BCUT2D eigenvalue weighted by Crippen LogP contribution is 2.42. The lowest BCUT2D eigenvalue weighted by Crippen LogP contribution is -2.29. The van der Waals surface area contributed by atoms with Crippen LogP contribution in [0.5, 0.6) is 5.75 Å². The number of likely N-dealkylation sites (tertiary alicyclic amines) is 1. The molecule has 1 aromatic heterocycles. The number of hydrogen-bond donors (Lipinski definition) is 1. The lowest BCUT2D eigenvalue weighted by Gasteiger charge is -2.26. The average molecular weight is 543 g/mol. The Morgan fingerprint density at radius 2 is 1.80 bits per heavy atom. The van der Waals surface area contributed by atoms with E-state index in [0.717, 1.165) is 12.0 Å². The molecule has 8 nitrogen and oxygen atoms in total. The Labute approximate surface area is 234 Å². The summed E-state index contributed by atoms with van der Waals surface area (Å²) in [7, 11) is 1.49. The van der Waals surface area contributed by atoms with Crippen LogP contribution >= 0.6 is 0 Å². The number of rotatable bonds is 8. The molecule has 3 aromatic rings. The van der Waals surface area contributed by atoms with Crippen molar-refractivity contribution in [3.05, 3.63) is 100 Å². The fourth-order valence-electron chi connectivity index (χ4n) is 4.65. The van der Waals surface area contributed by atoms with Crippen molar-refractivity contribution in [1.29, 1.82) is 0 Å². The zero-order valence-corrected chi connectivity index (χ0v) is 23.4. The van der Waals surface area contributed by atoms with Gasteiger partial charge in [-0.05, 0) is 58.9 Å². The Morgan fingerprint density at radius 1 is 1.07 bits per heavy atom. The second-order valence-corrected chi connectivity index (χ2v) is 10.7. The molecule has 1 aliphatic rings. The van der Waals surface area contributed by atoms with Crippen molar-refractivity contribution in [2.45, 2.75) is 52.1 Å². The number of ketones is 1. The number of aromatic nitrogens is 1. The van der Waals surface area contributed by atoms with E-state index < -0.39 is 23.7 Å². The van der Waals surface area contributed by atoms with Gasteiger partial charge in [0, 0.05) is 18.9 Å². The van der Waals surface area contributed by atoms with Crippen LogP contribution < -0.4 is 4.74 Å². The number of Topliss-reactive ketones (excluding diaryl/α,β-unsaturated/α-hetero) is 1. The van der Waals surface area contributed by atoms with Gasteiger partial charge in [-0.2, -0.15) is 0 Å². The van der Waals surface area contributed by atoms with Crippen LogP contribution in [0.25, 0.3) is 5.76 Å².